The highest BCUT2D eigenvalue weighted by Gasteiger charge is 2.12. The van der Waals surface area contributed by atoms with Crippen LogP contribution in [-0.4, -0.2) is 33.2 Å². The van der Waals surface area contributed by atoms with Gasteiger partial charge in [-0.2, -0.15) is 0 Å². The van der Waals surface area contributed by atoms with Crippen LogP contribution in [-0.2, 0) is 27.5 Å². The Morgan fingerprint density at radius 1 is 0.818 bits per heavy atom. The number of anilines is 2. The molecule has 174 valence electrons. The molecule has 0 atom stereocenters. The fourth-order valence-electron chi connectivity index (χ4n) is 3.67. The fraction of sp³-hybridized carbons (Fsp3) is 0.296. The standard InChI is InChI=1S/C27H32N2O3S/c1-3-19-29(25-8-6-5-7-9-25)20-18-22-10-14-24(15-11-22)28-27(30)21-23-12-16-26(17-13-23)33(31,32)4-2/h5-17H,3-4,18-21H2,1-2H3,(H,28,30). The van der Waals surface area contributed by atoms with Gasteiger partial charge in [-0.25, -0.2) is 8.42 Å². The van der Waals surface area contributed by atoms with Crippen LogP contribution in [0.2, 0.25) is 0 Å². The summed E-state index contributed by atoms with van der Waals surface area (Å²) >= 11 is 0. The van der Waals surface area contributed by atoms with E-state index in [9.17, 15) is 13.2 Å². The number of carbonyl (C=O) groups excluding carboxylic acids is 1. The van der Waals surface area contributed by atoms with Crippen molar-refractivity contribution in [3.05, 3.63) is 90.0 Å². The second-order valence-corrected chi connectivity index (χ2v) is 10.3. The van der Waals surface area contributed by atoms with E-state index < -0.39 is 9.84 Å². The molecular weight excluding hydrogens is 432 g/mol. The zero-order valence-corrected chi connectivity index (χ0v) is 20.1. The number of nitrogens with one attached hydrogen (secondary N) is 1. The van der Waals surface area contributed by atoms with E-state index in [-0.39, 0.29) is 23.0 Å². The molecule has 0 radical (unpaired) electrons. The van der Waals surface area contributed by atoms with Crippen LogP contribution in [0.15, 0.2) is 83.8 Å². The van der Waals surface area contributed by atoms with E-state index in [4.69, 9.17) is 0 Å². The summed E-state index contributed by atoms with van der Waals surface area (Å²) in [7, 11) is -3.23. The number of amides is 1. The van der Waals surface area contributed by atoms with Gasteiger partial charge < -0.3 is 10.2 Å². The molecule has 0 saturated carbocycles. The molecule has 0 aliphatic carbocycles. The van der Waals surface area contributed by atoms with E-state index in [1.807, 2.05) is 18.2 Å². The zero-order valence-electron chi connectivity index (χ0n) is 19.3. The first kappa shape index (κ1) is 24.5. The Labute approximate surface area is 197 Å². The molecule has 0 fully saturated rings. The van der Waals surface area contributed by atoms with Crippen molar-refractivity contribution in [3.8, 4) is 0 Å². The van der Waals surface area contributed by atoms with Crippen LogP contribution in [0.1, 0.15) is 31.4 Å². The minimum atomic E-state index is -3.23. The molecule has 33 heavy (non-hydrogen) atoms. The second kappa shape index (κ2) is 11.7. The first-order valence-corrected chi connectivity index (χ1v) is 13.1. The Bertz CT molecular complexity index is 1130. The maximum atomic E-state index is 12.4. The first-order chi connectivity index (χ1) is 15.9. The van der Waals surface area contributed by atoms with Crippen LogP contribution in [0, 0.1) is 0 Å². The van der Waals surface area contributed by atoms with Gasteiger partial charge in [-0.3, -0.25) is 4.79 Å². The summed E-state index contributed by atoms with van der Waals surface area (Å²) in [4.78, 5) is 15.1. The average molecular weight is 465 g/mol. The van der Waals surface area contributed by atoms with Crippen molar-refractivity contribution in [2.75, 3.05) is 29.1 Å². The molecule has 3 rings (SSSR count). The maximum Gasteiger partial charge on any atom is 0.228 e. The number of hydrogen-bond acceptors (Lipinski definition) is 4. The molecule has 0 aromatic heterocycles. The second-order valence-electron chi connectivity index (χ2n) is 8.04. The number of nitrogens with zero attached hydrogens (tertiary/aromatic N) is 1. The highest BCUT2D eigenvalue weighted by atomic mass is 32.2. The maximum absolute atomic E-state index is 12.4. The van der Waals surface area contributed by atoms with Gasteiger partial charge in [-0.1, -0.05) is 56.3 Å². The Kier molecular flexibility index (Phi) is 8.66. The predicted molar refractivity (Wildman–Crippen MR) is 136 cm³/mol. The van der Waals surface area contributed by atoms with Crippen molar-refractivity contribution in [2.24, 2.45) is 0 Å². The summed E-state index contributed by atoms with van der Waals surface area (Å²) in [5.41, 5.74) is 3.99. The van der Waals surface area contributed by atoms with Crippen LogP contribution in [0.3, 0.4) is 0 Å². The van der Waals surface area contributed by atoms with Gasteiger partial charge in [-0.05, 0) is 60.4 Å². The van der Waals surface area contributed by atoms with Gasteiger partial charge in [-0.15, -0.1) is 0 Å². The van der Waals surface area contributed by atoms with Gasteiger partial charge in [0.05, 0.1) is 17.1 Å². The number of rotatable bonds is 11. The van der Waals surface area contributed by atoms with Crippen LogP contribution in [0.5, 0.6) is 0 Å². The van der Waals surface area contributed by atoms with E-state index in [0.717, 1.165) is 37.2 Å². The summed E-state index contributed by atoms with van der Waals surface area (Å²) in [5.74, 6) is -0.0711. The minimum Gasteiger partial charge on any atom is -0.371 e. The molecule has 6 heteroatoms. The summed E-state index contributed by atoms with van der Waals surface area (Å²) < 4.78 is 23.8. The molecule has 0 unspecified atom stereocenters. The molecule has 1 N–H and O–H groups in total. The highest BCUT2D eigenvalue weighted by molar-refractivity contribution is 7.91. The van der Waals surface area contributed by atoms with Crippen LogP contribution in [0.25, 0.3) is 0 Å². The fourth-order valence-corrected chi connectivity index (χ4v) is 4.55. The van der Waals surface area contributed by atoms with Gasteiger partial charge in [0.1, 0.15) is 0 Å². The molecule has 3 aromatic carbocycles. The molecule has 0 aliphatic rings. The summed E-state index contributed by atoms with van der Waals surface area (Å²) in [6.45, 7) is 5.76. The normalized spacial score (nSPS) is 11.2. The van der Waals surface area contributed by atoms with E-state index in [2.05, 4.69) is 53.5 Å². The lowest BCUT2D eigenvalue weighted by molar-refractivity contribution is -0.115. The lowest BCUT2D eigenvalue weighted by Crippen LogP contribution is -2.26. The van der Waals surface area contributed by atoms with E-state index in [1.165, 1.54) is 11.3 Å². The van der Waals surface area contributed by atoms with Gasteiger partial charge >= 0.3 is 0 Å². The molecular formula is C27H32N2O3S. The molecule has 1 amide bonds. The van der Waals surface area contributed by atoms with E-state index in [0.29, 0.717) is 0 Å². The third kappa shape index (κ3) is 7.19. The van der Waals surface area contributed by atoms with Crippen molar-refractivity contribution >= 4 is 27.1 Å². The molecule has 0 bridgehead atoms. The quantitative estimate of drug-likeness (QED) is 0.428. The first-order valence-electron chi connectivity index (χ1n) is 11.4. The third-order valence-electron chi connectivity index (χ3n) is 5.55. The molecule has 3 aromatic rings. The third-order valence-corrected chi connectivity index (χ3v) is 7.30. The Morgan fingerprint density at radius 2 is 1.45 bits per heavy atom. The van der Waals surface area contributed by atoms with Gasteiger partial charge in [0.2, 0.25) is 5.91 Å². The van der Waals surface area contributed by atoms with Gasteiger partial charge in [0.15, 0.2) is 9.84 Å². The number of hydrogen-bond donors (Lipinski definition) is 1. The minimum absolute atomic E-state index is 0.0612. The van der Waals surface area contributed by atoms with Gasteiger partial charge in [0, 0.05) is 24.5 Å². The van der Waals surface area contributed by atoms with E-state index >= 15 is 0 Å². The summed E-state index contributed by atoms with van der Waals surface area (Å²) in [6.07, 6.45) is 2.21. The molecule has 5 nitrogen and oxygen atoms in total. The topological polar surface area (TPSA) is 66.5 Å². The molecule has 0 heterocycles. The number of carbonyl (C=O) groups is 1. The number of para-hydroxylation sites is 1. The largest absolute Gasteiger partial charge is 0.371 e. The summed E-state index contributed by atoms with van der Waals surface area (Å²) in [5, 5.41) is 2.92. The van der Waals surface area contributed by atoms with E-state index in [1.54, 1.807) is 31.2 Å². The molecule has 0 saturated heterocycles. The number of sulfone groups is 1. The van der Waals surface area contributed by atoms with Crippen molar-refractivity contribution in [3.63, 3.8) is 0 Å². The molecule has 0 spiro atoms. The van der Waals surface area contributed by atoms with Crippen LogP contribution >= 0.6 is 0 Å². The Hall–Kier alpha value is -3.12. The Morgan fingerprint density at radius 3 is 2.06 bits per heavy atom. The monoisotopic (exact) mass is 464 g/mol. The number of benzene rings is 3. The molecule has 0 aliphatic heterocycles. The lowest BCUT2D eigenvalue weighted by atomic mass is 10.1. The zero-order chi connectivity index (χ0) is 23.7. The average Bonchev–Trinajstić information content (AvgIpc) is 2.83. The summed E-state index contributed by atoms with van der Waals surface area (Å²) in [6, 6.07) is 24.9. The van der Waals surface area contributed by atoms with Crippen molar-refractivity contribution in [1.82, 2.24) is 0 Å². The van der Waals surface area contributed by atoms with Crippen molar-refractivity contribution < 1.29 is 13.2 Å². The van der Waals surface area contributed by atoms with Crippen LogP contribution < -0.4 is 10.2 Å². The van der Waals surface area contributed by atoms with Crippen molar-refractivity contribution in [1.29, 1.82) is 0 Å². The lowest BCUT2D eigenvalue weighted by Gasteiger charge is -2.24. The predicted octanol–water partition coefficient (Wildman–Crippen LogP) is 5.12. The highest BCUT2D eigenvalue weighted by Crippen LogP contribution is 2.17. The van der Waals surface area contributed by atoms with Crippen molar-refractivity contribution in [2.45, 2.75) is 38.0 Å². The smallest absolute Gasteiger partial charge is 0.228 e. The Balaban J connectivity index is 1.53. The van der Waals surface area contributed by atoms with Crippen LogP contribution in [0.4, 0.5) is 11.4 Å². The SMILES string of the molecule is CCCN(CCc1ccc(NC(=O)Cc2ccc(S(=O)(=O)CC)cc2)cc1)c1ccccc1. The van der Waals surface area contributed by atoms with Gasteiger partial charge in [0.25, 0.3) is 0 Å².